The first-order chi connectivity index (χ1) is 13.3. The molecule has 0 unspecified atom stereocenters. The zero-order valence-corrected chi connectivity index (χ0v) is 13.9. The van der Waals surface area contributed by atoms with E-state index in [-0.39, 0.29) is 0 Å². The molecule has 28 heavy (non-hydrogen) atoms. The minimum Gasteiger partial charge on any atom is -0.863 e. The number of non-ortho nitro benzene ring substituents is 1. The molecule has 12 heteroatoms. The minimum absolute atomic E-state index is 0.384. The number of hydrogen-bond donors (Lipinski definition) is 0. The van der Waals surface area contributed by atoms with E-state index in [4.69, 9.17) is 0 Å². The van der Waals surface area contributed by atoms with Crippen LogP contribution in [0.15, 0.2) is 67.3 Å². The largest absolute Gasteiger partial charge is 0.863 e. The Kier molecular flexibility index (Phi) is 6.20. The van der Waals surface area contributed by atoms with E-state index in [0.29, 0.717) is 12.1 Å². The highest BCUT2D eigenvalue weighted by atomic mass is 16.6. The highest BCUT2D eigenvalue weighted by Gasteiger charge is 2.24. The quantitative estimate of drug-likeness (QED) is 0.372. The van der Waals surface area contributed by atoms with Gasteiger partial charge in [-0.3, -0.25) is 35.3 Å². The van der Waals surface area contributed by atoms with Crippen molar-refractivity contribution in [2.75, 3.05) is 0 Å². The smallest absolute Gasteiger partial charge is 0.283 e. The summed E-state index contributed by atoms with van der Waals surface area (Å²) in [7, 11) is 0. The first kappa shape index (κ1) is 19.8. The van der Waals surface area contributed by atoms with E-state index in [1.807, 2.05) is 47.3 Å². The number of nitro groups is 3. The number of aromatic nitrogens is 2. The standard InChI is InChI=1S/C10H9N2.C6H3N3O7/c1-2-8-12(9-3-1)10-4-6-11-7-5-10;10-6-4(8(13)14)1-3(7(11)12)2-5(6)9(15)16/h1-9H;1-2,10H/q+1;/p-1. The highest BCUT2D eigenvalue weighted by Crippen LogP contribution is 2.36. The first-order valence-electron chi connectivity index (χ1n) is 7.46. The minimum atomic E-state index is -1.46. The molecule has 0 spiro atoms. The van der Waals surface area contributed by atoms with Gasteiger partial charge in [0, 0.05) is 36.7 Å². The molecule has 0 bridgehead atoms. The number of benzene rings is 1. The van der Waals surface area contributed by atoms with Crippen LogP contribution in [-0.2, 0) is 0 Å². The summed E-state index contributed by atoms with van der Waals surface area (Å²) in [4.78, 5) is 31.5. The molecule has 0 radical (unpaired) electrons. The lowest BCUT2D eigenvalue weighted by Crippen LogP contribution is -2.28. The Labute approximate surface area is 156 Å². The summed E-state index contributed by atoms with van der Waals surface area (Å²) >= 11 is 0. The maximum atomic E-state index is 11.1. The predicted molar refractivity (Wildman–Crippen MR) is 91.6 cm³/mol. The highest BCUT2D eigenvalue weighted by molar-refractivity contribution is 5.63. The zero-order chi connectivity index (χ0) is 20.7. The summed E-state index contributed by atoms with van der Waals surface area (Å²) in [6.07, 6.45) is 7.59. The van der Waals surface area contributed by atoms with Gasteiger partial charge in [-0.05, 0) is 0 Å². The van der Waals surface area contributed by atoms with Crippen molar-refractivity contribution in [2.45, 2.75) is 0 Å². The van der Waals surface area contributed by atoms with Crippen LogP contribution in [0.25, 0.3) is 5.69 Å². The number of hydrogen-bond acceptors (Lipinski definition) is 8. The normalized spacial score (nSPS) is 9.71. The van der Waals surface area contributed by atoms with Gasteiger partial charge in [0.2, 0.25) is 5.69 Å². The average Bonchev–Trinajstić information content (AvgIpc) is 2.69. The second kappa shape index (κ2) is 8.75. The van der Waals surface area contributed by atoms with Crippen LogP contribution < -0.4 is 9.67 Å². The van der Waals surface area contributed by atoms with Crippen molar-refractivity contribution >= 4 is 17.1 Å². The van der Waals surface area contributed by atoms with Gasteiger partial charge in [0.15, 0.2) is 12.4 Å². The van der Waals surface area contributed by atoms with Gasteiger partial charge in [0.25, 0.3) is 17.1 Å². The molecule has 12 nitrogen and oxygen atoms in total. The Bertz CT molecular complexity index is 940. The molecule has 0 saturated carbocycles. The van der Waals surface area contributed by atoms with E-state index < -0.39 is 37.6 Å². The van der Waals surface area contributed by atoms with Gasteiger partial charge >= 0.3 is 0 Å². The monoisotopic (exact) mass is 385 g/mol. The Morgan fingerprint density at radius 2 is 1.29 bits per heavy atom. The van der Waals surface area contributed by atoms with Crippen molar-refractivity contribution in [1.82, 2.24) is 4.98 Å². The Hall–Kier alpha value is -4.48. The molecule has 0 atom stereocenters. The Morgan fingerprint density at radius 1 is 0.786 bits per heavy atom. The number of rotatable bonds is 4. The number of nitro benzene ring substituents is 3. The Morgan fingerprint density at radius 3 is 1.71 bits per heavy atom. The molecule has 0 N–H and O–H groups in total. The number of nitrogens with zero attached hydrogens (tertiary/aromatic N) is 5. The van der Waals surface area contributed by atoms with Gasteiger partial charge in [0.1, 0.15) is 0 Å². The van der Waals surface area contributed by atoms with Crippen molar-refractivity contribution in [3.63, 3.8) is 0 Å². The first-order valence-corrected chi connectivity index (χ1v) is 7.46. The average molecular weight is 385 g/mol. The molecule has 0 fully saturated rings. The second-order valence-corrected chi connectivity index (χ2v) is 5.07. The van der Waals surface area contributed by atoms with Crippen LogP contribution >= 0.6 is 0 Å². The van der Waals surface area contributed by atoms with Crippen LogP contribution in [0.4, 0.5) is 17.1 Å². The fourth-order valence-corrected chi connectivity index (χ4v) is 2.05. The van der Waals surface area contributed by atoms with Crippen LogP contribution in [0.2, 0.25) is 0 Å². The zero-order valence-electron chi connectivity index (χ0n) is 13.9. The molecular weight excluding hydrogens is 374 g/mol. The van der Waals surface area contributed by atoms with Crippen LogP contribution in [0.3, 0.4) is 0 Å². The summed E-state index contributed by atoms with van der Waals surface area (Å²) in [5.74, 6) is -1.46. The third-order valence-electron chi connectivity index (χ3n) is 3.32. The lowest BCUT2D eigenvalue weighted by molar-refractivity contribution is -0.595. The molecule has 2 aromatic heterocycles. The SMILES string of the molecule is O=[N+]([O-])c1cc([N+](=O)[O-])c([O-])c([N+](=O)[O-])c1.c1cc[n+](-c2ccncc2)cc1. The molecule has 1 aromatic carbocycles. The van der Waals surface area contributed by atoms with Gasteiger partial charge in [-0.2, -0.15) is 4.57 Å². The van der Waals surface area contributed by atoms with Crippen LogP contribution in [0.5, 0.6) is 5.75 Å². The third kappa shape index (κ3) is 4.78. The molecule has 0 aliphatic carbocycles. The Balaban J connectivity index is 0.000000207. The van der Waals surface area contributed by atoms with E-state index in [1.165, 1.54) is 0 Å². The molecule has 2 heterocycles. The van der Waals surface area contributed by atoms with Crippen LogP contribution in [0, 0.1) is 30.3 Å². The summed E-state index contributed by atoms with van der Waals surface area (Å²) in [5.41, 5.74) is -2.13. The molecule has 142 valence electrons. The molecule has 0 aliphatic rings. The summed E-state index contributed by atoms with van der Waals surface area (Å²) in [5, 5.41) is 42.1. The van der Waals surface area contributed by atoms with Crippen molar-refractivity contribution in [3.05, 3.63) is 97.6 Å². The maximum absolute atomic E-state index is 11.1. The fraction of sp³-hybridized carbons (Fsp3) is 0. The molecule has 3 aromatic rings. The van der Waals surface area contributed by atoms with E-state index in [2.05, 4.69) is 4.98 Å². The van der Waals surface area contributed by atoms with Crippen molar-refractivity contribution in [3.8, 4) is 11.4 Å². The molecule has 0 saturated heterocycles. The summed E-state index contributed by atoms with van der Waals surface area (Å²) in [6, 6.07) is 10.7. The maximum Gasteiger partial charge on any atom is 0.283 e. The van der Waals surface area contributed by atoms with Crippen molar-refractivity contribution in [1.29, 1.82) is 0 Å². The molecule has 0 aliphatic heterocycles. The number of pyridine rings is 2. The van der Waals surface area contributed by atoms with Crippen LogP contribution in [0.1, 0.15) is 0 Å². The van der Waals surface area contributed by atoms with Crippen LogP contribution in [-0.4, -0.2) is 19.8 Å². The molecular formula is C16H11N5O7. The van der Waals surface area contributed by atoms with Gasteiger partial charge in [-0.25, -0.2) is 0 Å². The molecule has 0 amide bonds. The van der Waals surface area contributed by atoms with Gasteiger partial charge < -0.3 is 5.11 Å². The predicted octanol–water partition coefficient (Wildman–Crippen LogP) is 1.84. The van der Waals surface area contributed by atoms with Gasteiger partial charge in [0.05, 0.1) is 32.7 Å². The van der Waals surface area contributed by atoms with E-state index in [1.54, 1.807) is 12.4 Å². The van der Waals surface area contributed by atoms with Gasteiger partial charge in [-0.15, -0.1) is 0 Å². The second-order valence-electron chi connectivity index (χ2n) is 5.07. The van der Waals surface area contributed by atoms with E-state index in [0.717, 1.165) is 5.69 Å². The van der Waals surface area contributed by atoms with E-state index >= 15 is 0 Å². The van der Waals surface area contributed by atoms with Crippen molar-refractivity contribution < 1.29 is 24.4 Å². The fourth-order valence-electron chi connectivity index (χ4n) is 2.05. The molecule has 3 rings (SSSR count). The topological polar surface area (TPSA) is 169 Å². The lowest BCUT2D eigenvalue weighted by Gasteiger charge is -2.06. The van der Waals surface area contributed by atoms with Crippen molar-refractivity contribution in [2.24, 2.45) is 0 Å². The van der Waals surface area contributed by atoms with Gasteiger partial charge in [-0.1, -0.05) is 6.07 Å². The van der Waals surface area contributed by atoms with E-state index in [9.17, 15) is 35.4 Å². The lowest BCUT2D eigenvalue weighted by atomic mass is 10.2. The third-order valence-corrected chi connectivity index (χ3v) is 3.32. The summed E-state index contributed by atoms with van der Waals surface area (Å²) in [6.45, 7) is 0. The summed E-state index contributed by atoms with van der Waals surface area (Å²) < 4.78 is 2.04.